The Morgan fingerprint density at radius 3 is 1.28 bits per heavy atom. The maximum atomic E-state index is 12.0. The predicted octanol–water partition coefficient (Wildman–Crippen LogP) is 6.65. The van der Waals surface area contributed by atoms with Gasteiger partial charge in [0.05, 0.1) is 18.8 Å². The molecule has 0 aromatic heterocycles. The van der Waals surface area contributed by atoms with Crippen LogP contribution in [0, 0.1) is 27.7 Å². The van der Waals surface area contributed by atoms with E-state index >= 15 is 0 Å². The van der Waals surface area contributed by atoms with Crippen LogP contribution in [0.25, 0.3) is 0 Å². The summed E-state index contributed by atoms with van der Waals surface area (Å²) in [4.78, 5) is 0. The largest absolute Gasteiger partial charge is 0.496 e. The smallest absolute Gasteiger partial charge is 0.306 e. The second kappa shape index (κ2) is 9.82. The summed E-state index contributed by atoms with van der Waals surface area (Å²) in [6.45, 7) is 7.91. The van der Waals surface area contributed by atoms with Crippen molar-refractivity contribution in [2.45, 2.75) is 33.1 Å². The molecule has 36 heavy (non-hydrogen) atoms. The molecule has 4 rings (SSSR count). The number of aryl methyl sites for hydroxylation is 4. The SMILES string of the molecule is COc1c(C)cc(C(c2ccccc2)(c2ccccc2)c2cc(C)c(OS(C)(=O)=O)c(C)c2)cc1C. The number of benzene rings is 4. The summed E-state index contributed by atoms with van der Waals surface area (Å²) < 4.78 is 35.0. The van der Waals surface area contributed by atoms with Crippen molar-refractivity contribution in [2.75, 3.05) is 13.4 Å². The Kier molecular flexibility index (Phi) is 6.96. The molecular weight excluding hydrogens is 468 g/mol. The Morgan fingerprint density at radius 1 is 0.583 bits per heavy atom. The van der Waals surface area contributed by atoms with Crippen LogP contribution < -0.4 is 8.92 Å². The summed E-state index contributed by atoms with van der Waals surface area (Å²) in [5.41, 5.74) is 7.30. The third kappa shape index (κ3) is 4.63. The molecule has 4 aromatic rings. The highest BCUT2D eigenvalue weighted by molar-refractivity contribution is 7.86. The maximum absolute atomic E-state index is 12.0. The van der Waals surface area contributed by atoms with Crippen LogP contribution in [0.3, 0.4) is 0 Å². The van der Waals surface area contributed by atoms with E-state index in [9.17, 15) is 8.42 Å². The maximum Gasteiger partial charge on any atom is 0.306 e. The van der Waals surface area contributed by atoms with E-state index in [4.69, 9.17) is 8.92 Å². The van der Waals surface area contributed by atoms with Crippen molar-refractivity contribution in [2.24, 2.45) is 0 Å². The topological polar surface area (TPSA) is 52.6 Å². The first-order valence-corrected chi connectivity index (χ1v) is 13.7. The van der Waals surface area contributed by atoms with Crippen LogP contribution >= 0.6 is 0 Å². The molecule has 0 unspecified atom stereocenters. The van der Waals surface area contributed by atoms with Crippen LogP contribution in [0.1, 0.15) is 44.5 Å². The number of methoxy groups -OCH3 is 1. The Morgan fingerprint density at radius 2 is 0.944 bits per heavy atom. The van der Waals surface area contributed by atoms with Crippen LogP contribution in [0.2, 0.25) is 0 Å². The van der Waals surface area contributed by atoms with Gasteiger partial charge in [0.1, 0.15) is 11.5 Å². The second-order valence-corrected chi connectivity index (χ2v) is 10.9. The lowest BCUT2D eigenvalue weighted by molar-refractivity contribution is 0.408. The van der Waals surface area contributed by atoms with Crippen molar-refractivity contribution in [3.63, 3.8) is 0 Å². The van der Waals surface area contributed by atoms with Gasteiger partial charge < -0.3 is 8.92 Å². The Bertz CT molecular complexity index is 1410. The molecule has 186 valence electrons. The molecule has 0 bridgehead atoms. The molecule has 4 aromatic carbocycles. The number of rotatable bonds is 7. The van der Waals surface area contributed by atoms with E-state index in [0.29, 0.717) is 5.75 Å². The van der Waals surface area contributed by atoms with Crippen molar-refractivity contribution >= 4 is 10.1 Å². The first-order valence-electron chi connectivity index (χ1n) is 11.9. The third-order valence-corrected chi connectivity index (χ3v) is 7.11. The molecule has 0 aliphatic carbocycles. The fraction of sp³-hybridized carbons (Fsp3) is 0.226. The van der Waals surface area contributed by atoms with Gasteiger partial charge in [0.15, 0.2) is 0 Å². The van der Waals surface area contributed by atoms with Crippen molar-refractivity contribution < 1.29 is 17.3 Å². The summed E-state index contributed by atoms with van der Waals surface area (Å²) in [5.74, 6) is 1.25. The molecular formula is C31H32O4S. The predicted molar refractivity (Wildman–Crippen MR) is 146 cm³/mol. The van der Waals surface area contributed by atoms with Crippen LogP contribution in [0.5, 0.6) is 11.5 Å². The summed E-state index contributed by atoms with van der Waals surface area (Å²) in [6.07, 6.45) is 1.07. The number of hydrogen-bond acceptors (Lipinski definition) is 4. The lowest BCUT2D eigenvalue weighted by Gasteiger charge is -2.38. The molecule has 0 aliphatic heterocycles. The van der Waals surface area contributed by atoms with Crippen molar-refractivity contribution in [1.82, 2.24) is 0 Å². The van der Waals surface area contributed by atoms with E-state index in [0.717, 1.165) is 56.5 Å². The van der Waals surface area contributed by atoms with Crippen LogP contribution in [0.15, 0.2) is 84.9 Å². The zero-order chi connectivity index (χ0) is 26.1. The average molecular weight is 501 g/mol. The van der Waals surface area contributed by atoms with Gasteiger partial charge >= 0.3 is 10.1 Å². The Balaban J connectivity index is 2.15. The van der Waals surface area contributed by atoms with Gasteiger partial charge in [-0.15, -0.1) is 0 Å². The van der Waals surface area contributed by atoms with Crippen molar-refractivity contribution in [1.29, 1.82) is 0 Å². The van der Waals surface area contributed by atoms with E-state index in [-0.39, 0.29) is 0 Å². The van der Waals surface area contributed by atoms with Gasteiger partial charge in [-0.2, -0.15) is 8.42 Å². The van der Waals surface area contributed by atoms with Gasteiger partial charge in [-0.25, -0.2) is 0 Å². The van der Waals surface area contributed by atoms with Gasteiger partial charge in [0.2, 0.25) is 0 Å². The molecule has 0 fully saturated rings. The second-order valence-electron chi connectivity index (χ2n) is 9.35. The highest BCUT2D eigenvalue weighted by Gasteiger charge is 2.39. The highest BCUT2D eigenvalue weighted by atomic mass is 32.2. The van der Waals surface area contributed by atoms with E-state index in [2.05, 4.69) is 74.5 Å². The summed E-state index contributed by atoms with van der Waals surface area (Å²) in [7, 11) is -1.96. The van der Waals surface area contributed by atoms with Gasteiger partial charge in [-0.05, 0) is 72.2 Å². The number of ether oxygens (including phenoxy) is 1. The van der Waals surface area contributed by atoms with Gasteiger partial charge in [-0.1, -0.05) is 84.9 Å². The molecule has 0 atom stereocenters. The third-order valence-electron chi connectivity index (χ3n) is 6.64. The molecule has 0 amide bonds. The van der Waals surface area contributed by atoms with Crippen LogP contribution in [-0.4, -0.2) is 21.8 Å². The highest BCUT2D eigenvalue weighted by Crippen LogP contribution is 2.48. The van der Waals surface area contributed by atoms with Gasteiger partial charge in [0.25, 0.3) is 0 Å². The summed E-state index contributed by atoms with van der Waals surface area (Å²) in [6, 6.07) is 29.3. The lowest BCUT2D eigenvalue weighted by Crippen LogP contribution is -2.31. The molecule has 0 spiro atoms. The quantitative estimate of drug-likeness (QED) is 0.211. The molecule has 0 radical (unpaired) electrons. The first-order chi connectivity index (χ1) is 17.1. The molecule has 0 heterocycles. The molecule has 4 nitrogen and oxygen atoms in total. The molecule has 0 N–H and O–H groups in total. The Hall–Kier alpha value is -3.57. The van der Waals surface area contributed by atoms with Crippen molar-refractivity contribution in [3.05, 3.63) is 129 Å². The van der Waals surface area contributed by atoms with Crippen molar-refractivity contribution in [3.8, 4) is 11.5 Å². The van der Waals surface area contributed by atoms with E-state index in [1.54, 1.807) is 7.11 Å². The minimum atomic E-state index is -3.66. The Labute approximate surface area is 214 Å². The molecule has 0 saturated carbocycles. The zero-order valence-electron chi connectivity index (χ0n) is 21.6. The van der Waals surface area contributed by atoms with Crippen LogP contribution in [0.4, 0.5) is 0 Å². The minimum absolute atomic E-state index is 0.373. The monoisotopic (exact) mass is 500 g/mol. The van der Waals surface area contributed by atoms with Gasteiger partial charge in [0, 0.05) is 0 Å². The lowest BCUT2D eigenvalue weighted by atomic mass is 9.64. The van der Waals surface area contributed by atoms with Gasteiger partial charge in [-0.3, -0.25) is 0 Å². The van der Waals surface area contributed by atoms with E-state index < -0.39 is 15.5 Å². The van der Waals surface area contributed by atoms with Crippen LogP contribution in [-0.2, 0) is 15.5 Å². The number of hydrogen-bond donors (Lipinski definition) is 0. The van der Waals surface area contributed by atoms with E-state index in [1.807, 2.05) is 38.1 Å². The summed E-state index contributed by atoms with van der Waals surface area (Å²) >= 11 is 0. The fourth-order valence-electron chi connectivity index (χ4n) is 5.31. The first kappa shape index (κ1) is 25.5. The average Bonchev–Trinajstić information content (AvgIpc) is 2.83. The molecule has 0 saturated heterocycles. The molecule has 5 heteroatoms. The fourth-order valence-corrected chi connectivity index (χ4v) is 5.88. The normalized spacial score (nSPS) is 11.8. The summed E-state index contributed by atoms with van der Waals surface area (Å²) in [5, 5.41) is 0. The standard InChI is InChI=1S/C31H32O4S/c1-21-17-27(18-22(2)29(21)34-5)31(25-13-9-7-10-14-25,26-15-11-8-12-16-26)28-19-23(3)30(24(4)20-28)35-36(6,32)33/h7-20H,1-6H3. The van der Waals surface area contributed by atoms with E-state index in [1.165, 1.54) is 0 Å². The zero-order valence-corrected chi connectivity index (χ0v) is 22.4. The molecule has 0 aliphatic rings. The minimum Gasteiger partial charge on any atom is -0.496 e.